The second-order valence-electron chi connectivity index (χ2n) is 4.34. The molecular formula is C12H18N4O. The van der Waals surface area contributed by atoms with Crippen molar-refractivity contribution < 1.29 is 4.79 Å². The lowest BCUT2D eigenvalue weighted by Crippen LogP contribution is -2.41. The molecule has 1 saturated heterocycles. The maximum atomic E-state index is 11.2. The number of piperidine rings is 1. The molecule has 2 heterocycles. The van der Waals surface area contributed by atoms with Crippen molar-refractivity contribution >= 4 is 17.4 Å². The summed E-state index contributed by atoms with van der Waals surface area (Å²) in [7, 11) is 1.84. The Morgan fingerprint density at radius 1 is 1.65 bits per heavy atom. The summed E-state index contributed by atoms with van der Waals surface area (Å²) in [5.74, 6) is 0.608. The molecule has 1 aliphatic rings. The van der Waals surface area contributed by atoms with Gasteiger partial charge in [0, 0.05) is 38.1 Å². The number of nitrogens with zero attached hydrogens (tertiary/aromatic N) is 2. The van der Waals surface area contributed by atoms with Crippen LogP contribution in [0, 0.1) is 5.92 Å². The van der Waals surface area contributed by atoms with E-state index in [4.69, 9.17) is 5.73 Å². The topological polar surface area (TPSA) is 71.2 Å². The lowest BCUT2D eigenvalue weighted by Gasteiger charge is -2.33. The van der Waals surface area contributed by atoms with Gasteiger partial charge in [0.1, 0.15) is 5.82 Å². The van der Waals surface area contributed by atoms with Gasteiger partial charge in [-0.05, 0) is 18.9 Å². The van der Waals surface area contributed by atoms with Gasteiger partial charge in [0.05, 0.1) is 5.92 Å². The third-order valence-corrected chi connectivity index (χ3v) is 3.19. The smallest absolute Gasteiger partial charge is 0.222 e. The Hall–Kier alpha value is -1.78. The highest BCUT2D eigenvalue weighted by molar-refractivity contribution is 5.77. The van der Waals surface area contributed by atoms with E-state index in [0.717, 1.165) is 30.9 Å². The van der Waals surface area contributed by atoms with E-state index in [9.17, 15) is 4.79 Å². The summed E-state index contributed by atoms with van der Waals surface area (Å²) in [6.45, 7) is 1.68. The van der Waals surface area contributed by atoms with Crippen molar-refractivity contribution in [2.75, 3.05) is 30.4 Å². The predicted octanol–water partition coefficient (Wildman–Crippen LogP) is 0.825. The first kappa shape index (κ1) is 11.7. The summed E-state index contributed by atoms with van der Waals surface area (Å²) in [6.07, 6.45) is 3.68. The zero-order chi connectivity index (χ0) is 12.3. The molecule has 5 heteroatoms. The standard InChI is InChI=1S/C12H18N4O/c1-14-11-7-10(4-5-15-11)16-6-2-3-9(8-16)12(13)17/h4-5,7,9H,2-3,6,8H2,1H3,(H2,13,17)(H,14,15). The minimum absolute atomic E-state index is 0.0325. The van der Waals surface area contributed by atoms with Crippen LogP contribution in [0.1, 0.15) is 12.8 Å². The first-order chi connectivity index (χ1) is 8.20. The average Bonchev–Trinajstić information content (AvgIpc) is 2.39. The van der Waals surface area contributed by atoms with Crippen LogP contribution in [0.3, 0.4) is 0 Å². The van der Waals surface area contributed by atoms with Gasteiger partial charge in [0.15, 0.2) is 0 Å². The van der Waals surface area contributed by atoms with E-state index >= 15 is 0 Å². The molecule has 1 amide bonds. The van der Waals surface area contributed by atoms with E-state index in [1.165, 1.54) is 0 Å². The van der Waals surface area contributed by atoms with Crippen molar-refractivity contribution in [3.8, 4) is 0 Å². The fourth-order valence-electron chi connectivity index (χ4n) is 2.20. The minimum Gasteiger partial charge on any atom is -0.373 e. The van der Waals surface area contributed by atoms with Gasteiger partial charge in [-0.2, -0.15) is 0 Å². The predicted molar refractivity (Wildman–Crippen MR) is 67.9 cm³/mol. The van der Waals surface area contributed by atoms with Crippen molar-refractivity contribution in [1.29, 1.82) is 0 Å². The molecule has 2 rings (SSSR count). The van der Waals surface area contributed by atoms with Crippen LogP contribution < -0.4 is 16.0 Å². The number of nitrogens with two attached hydrogens (primary N) is 1. The quantitative estimate of drug-likeness (QED) is 0.812. The van der Waals surface area contributed by atoms with Crippen LogP contribution in [0.4, 0.5) is 11.5 Å². The highest BCUT2D eigenvalue weighted by atomic mass is 16.1. The Bertz CT molecular complexity index is 407. The monoisotopic (exact) mass is 234 g/mol. The van der Waals surface area contributed by atoms with E-state index in [-0.39, 0.29) is 11.8 Å². The number of carbonyl (C=O) groups is 1. The Morgan fingerprint density at radius 3 is 3.18 bits per heavy atom. The van der Waals surface area contributed by atoms with Gasteiger partial charge in [0.25, 0.3) is 0 Å². The second kappa shape index (κ2) is 5.03. The number of rotatable bonds is 3. The van der Waals surface area contributed by atoms with Crippen molar-refractivity contribution in [2.45, 2.75) is 12.8 Å². The zero-order valence-electron chi connectivity index (χ0n) is 10.0. The third-order valence-electron chi connectivity index (χ3n) is 3.19. The SMILES string of the molecule is CNc1cc(N2CCCC(C(N)=O)C2)ccn1. The molecule has 0 spiro atoms. The van der Waals surface area contributed by atoms with Gasteiger partial charge in [-0.25, -0.2) is 4.98 Å². The number of nitrogens with one attached hydrogen (secondary N) is 1. The number of anilines is 2. The van der Waals surface area contributed by atoms with Crippen molar-refractivity contribution in [3.63, 3.8) is 0 Å². The number of pyridine rings is 1. The molecule has 0 saturated carbocycles. The number of amides is 1. The van der Waals surface area contributed by atoms with Crippen LogP contribution in [0.15, 0.2) is 18.3 Å². The van der Waals surface area contributed by atoms with Gasteiger partial charge < -0.3 is 16.0 Å². The molecule has 92 valence electrons. The van der Waals surface area contributed by atoms with E-state index in [1.807, 2.05) is 19.2 Å². The highest BCUT2D eigenvalue weighted by Gasteiger charge is 2.24. The van der Waals surface area contributed by atoms with Gasteiger partial charge in [0.2, 0.25) is 5.91 Å². The van der Waals surface area contributed by atoms with Gasteiger partial charge >= 0.3 is 0 Å². The van der Waals surface area contributed by atoms with Crippen LogP contribution >= 0.6 is 0 Å². The van der Waals surface area contributed by atoms with Gasteiger partial charge in [-0.3, -0.25) is 4.79 Å². The number of primary amides is 1. The lowest BCUT2D eigenvalue weighted by molar-refractivity contribution is -0.122. The maximum absolute atomic E-state index is 11.2. The van der Waals surface area contributed by atoms with Crippen molar-refractivity contribution in [2.24, 2.45) is 11.7 Å². The summed E-state index contributed by atoms with van der Waals surface area (Å²) < 4.78 is 0. The van der Waals surface area contributed by atoms with Gasteiger partial charge in [-0.1, -0.05) is 0 Å². The fourth-order valence-corrected chi connectivity index (χ4v) is 2.20. The molecule has 5 nitrogen and oxygen atoms in total. The van der Waals surface area contributed by atoms with Gasteiger partial charge in [-0.15, -0.1) is 0 Å². The summed E-state index contributed by atoms with van der Waals surface area (Å²) >= 11 is 0. The van der Waals surface area contributed by atoms with Crippen molar-refractivity contribution in [3.05, 3.63) is 18.3 Å². The Labute approximate surface area is 101 Å². The summed E-state index contributed by atoms with van der Waals surface area (Å²) in [5.41, 5.74) is 6.47. The molecule has 0 radical (unpaired) electrons. The Balaban J connectivity index is 2.13. The third kappa shape index (κ3) is 2.67. The zero-order valence-corrected chi connectivity index (χ0v) is 10.0. The first-order valence-corrected chi connectivity index (χ1v) is 5.89. The fraction of sp³-hybridized carbons (Fsp3) is 0.500. The molecule has 17 heavy (non-hydrogen) atoms. The average molecular weight is 234 g/mol. The number of hydrogen-bond donors (Lipinski definition) is 2. The molecule has 1 atom stereocenters. The molecule has 0 aromatic carbocycles. The molecular weight excluding hydrogens is 216 g/mol. The van der Waals surface area contributed by atoms with Crippen LogP contribution in [-0.2, 0) is 4.79 Å². The minimum atomic E-state index is -0.197. The van der Waals surface area contributed by atoms with Crippen LogP contribution in [0.25, 0.3) is 0 Å². The molecule has 1 aromatic heterocycles. The molecule has 1 fully saturated rings. The Kier molecular flexibility index (Phi) is 3.46. The Morgan fingerprint density at radius 2 is 2.47 bits per heavy atom. The molecule has 3 N–H and O–H groups in total. The van der Waals surface area contributed by atoms with Crippen LogP contribution in [-0.4, -0.2) is 31.0 Å². The van der Waals surface area contributed by atoms with Crippen molar-refractivity contribution in [1.82, 2.24) is 4.98 Å². The maximum Gasteiger partial charge on any atom is 0.222 e. The van der Waals surface area contributed by atoms with E-state index in [0.29, 0.717) is 6.54 Å². The van der Waals surface area contributed by atoms with Crippen LogP contribution in [0.5, 0.6) is 0 Å². The van der Waals surface area contributed by atoms with E-state index in [2.05, 4.69) is 15.2 Å². The molecule has 1 aromatic rings. The lowest BCUT2D eigenvalue weighted by atomic mass is 9.97. The first-order valence-electron chi connectivity index (χ1n) is 5.89. The molecule has 1 aliphatic heterocycles. The normalized spacial score (nSPS) is 20.1. The summed E-state index contributed by atoms with van der Waals surface area (Å²) in [6, 6.07) is 3.95. The largest absolute Gasteiger partial charge is 0.373 e. The number of hydrogen-bond acceptors (Lipinski definition) is 4. The molecule has 0 aliphatic carbocycles. The van der Waals surface area contributed by atoms with Crippen LogP contribution in [0.2, 0.25) is 0 Å². The second-order valence-corrected chi connectivity index (χ2v) is 4.34. The highest BCUT2D eigenvalue weighted by Crippen LogP contribution is 2.24. The number of carbonyl (C=O) groups excluding carboxylic acids is 1. The number of aromatic nitrogens is 1. The molecule has 0 bridgehead atoms. The molecule has 1 unspecified atom stereocenters. The van der Waals surface area contributed by atoms with E-state index in [1.54, 1.807) is 6.20 Å². The van der Waals surface area contributed by atoms with E-state index < -0.39 is 0 Å². The summed E-state index contributed by atoms with van der Waals surface area (Å²) in [4.78, 5) is 17.6. The summed E-state index contributed by atoms with van der Waals surface area (Å²) in [5, 5.41) is 3.01.